The zero-order chi connectivity index (χ0) is 18.4. The number of hydrogen-bond acceptors (Lipinski definition) is 4. The fourth-order valence-corrected chi connectivity index (χ4v) is 4.86. The molecular formula is C22H22N2O2S. The molecule has 1 aliphatic carbocycles. The molecule has 3 aromatic rings. The molecule has 138 valence electrons. The number of hydrogen-bond donors (Lipinski definition) is 1. The first-order chi connectivity index (χ1) is 13.2. The third-order valence-electron chi connectivity index (χ3n) is 5.55. The van der Waals surface area contributed by atoms with Gasteiger partial charge in [0.15, 0.2) is 0 Å². The van der Waals surface area contributed by atoms with Crippen LogP contribution in [0.25, 0.3) is 20.8 Å². The first-order valence-electron chi connectivity index (χ1n) is 9.61. The third-order valence-corrected chi connectivity index (χ3v) is 6.62. The van der Waals surface area contributed by atoms with E-state index in [1.54, 1.807) is 11.3 Å². The number of ether oxygens (including phenoxy) is 1. The lowest BCUT2D eigenvalue weighted by Crippen LogP contribution is -2.40. The number of aromatic nitrogens is 1. The van der Waals surface area contributed by atoms with Crippen molar-refractivity contribution in [2.75, 3.05) is 6.54 Å². The van der Waals surface area contributed by atoms with Gasteiger partial charge < -0.3 is 10.1 Å². The van der Waals surface area contributed by atoms with Crippen LogP contribution in [0.1, 0.15) is 30.4 Å². The van der Waals surface area contributed by atoms with Crippen molar-refractivity contribution in [2.24, 2.45) is 5.92 Å². The summed E-state index contributed by atoms with van der Waals surface area (Å²) in [6.45, 7) is 2.69. The van der Waals surface area contributed by atoms with E-state index in [1.807, 2.05) is 18.2 Å². The van der Waals surface area contributed by atoms with Gasteiger partial charge in [-0.2, -0.15) is 0 Å². The van der Waals surface area contributed by atoms with Gasteiger partial charge in [0, 0.05) is 12.3 Å². The maximum atomic E-state index is 12.1. The van der Waals surface area contributed by atoms with Gasteiger partial charge in [-0.3, -0.25) is 4.79 Å². The van der Waals surface area contributed by atoms with Gasteiger partial charge in [0.2, 0.25) is 5.91 Å². The highest BCUT2D eigenvalue weighted by Gasteiger charge is 2.30. The molecule has 1 atom stereocenters. The number of amides is 1. The fraction of sp³-hybridized carbons (Fsp3) is 0.364. The number of thiazole rings is 1. The lowest BCUT2D eigenvalue weighted by molar-refractivity contribution is -0.127. The van der Waals surface area contributed by atoms with Gasteiger partial charge in [0.1, 0.15) is 16.9 Å². The van der Waals surface area contributed by atoms with Gasteiger partial charge in [-0.25, -0.2) is 4.98 Å². The number of para-hydroxylation sites is 1. The van der Waals surface area contributed by atoms with E-state index in [0.29, 0.717) is 6.54 Å². The molecule has 5 heteroatoms. The Bertz CT molecular complexity index is 989. The van der Waals surface area contributed by atoms with E-state index in [9.17, 15) is 4.79 Å². The minimum Gasteiger partial charge on any atom is -0.487 e. The van der Waals surface area contributed by atoms with Crippen LogP contribution < -0.4 is 10.1 Å². The van der Waals surface area contributed by atoms with Crippen molar-refractivity contribution < 1.29 is 9.53 Å². The summed E-state index contributed by atoms with van der Waals surface area (Å²) in [5, 5.41) is 4.08. The molecule has 1 aromatic heterocycles. The zero-order valence-corrected chi connectivity index (χ0v) is 16.1. The number of rotatable bonds is 4. The number of carbonyl (C=O) groups is 1. The standard InChI is InChI=1S/C22H22N2O2S/c1-13-9-15-11-16(12-23-21(25)14-5-4-6-14)26-20(15)17(10-13)22-24-18-7-2-3-8-19(18)27-22/h2-3,7-10,14,16H,4-6,11-12H2,1H3,(H,23,25). The molecule has 2 aliphatic rings. The van der Waals surface area contributed by atoms with Crippen LogP contribution >= 0.6 is 11.3 Å². The smallest absolute Gasteiger partial charge is 0.223 e. The number of carbonyl (C=O) groups excluding carboxylic acids is 1. The molecule has 0 spiro atoms. The Morgan fingerprint density at radius 1 is 1.30 bits per heavy atom. The molecule has 0 saturated heterocycles. The van der Waals surface area contributed by atoms with Crippen molar-refractivity contribution in [3.8, 4) is 16.3 Å². The Hall–Kier alpha value is -2.40. The average Bonchev–Trinajstić information content (AvgIpc) is 3.21. The highest BCUT2D eigenvalue weighted by Crippen LogP contribution is 2.42. The number of fused-ring (bicyclic) bond motifs is 2. The fourth-order valence-electron chi connectivity index (χ4n) is 3.88. The molecule has 4 nitrogen and oxygen atoms in total. The SMILES string of the molecule is Cc1cc2c(c(-c3nc4ccccc4s3)c1)OC(CNC(=O)C1CCC1)C2. The van der Waals surface area contributed by atoms with Crippen LogP contribution in [0.3, 0.4) is 0 Å². The molecule has 2 heterocycles. The maximum Gasteiger partial charge on any atom is 0.223 e. The van der Waals surface area contributed by atoms with Crippen molar-refractivity contribution in [1.82, 2.24) is 10.3 Å². The Kier molecular flexibility index (Phi) is 4.12. The normalized spacial score (nSPS) is 18.8. The van der Waals surface area contributed by atoms with Crippen molar-refractivity contribution in [1.29, 1.82) is 0 Å². The highest BCUT2D eigenvalue weighted by atomic mass is 32.1. The summed E-state index contributed by atoms with van der Waals surface area (Å²) in [5.74, 6) is 1.33. The first-order valence-corrected chi connectivity index (χ1v) is 10.4. The Morgan fingerprint density at radius 2 is 2.15 bits per heavy atom. The van der Waals surface area contributed by atoms with Crippen molar-refractivity contribution in [3.63, 3.8) is 0 Å². The Labute approximate surface area is 162 Å². The summed E-state index contributed by atoms with van der Waals surface area (Å²) in [6.07, 6.45) is 4.06. The summed E-state index contributed by atoms with van der Waals surface area (Å²) in [6, 6.07) is 12.6. The van der Waals surface area contributed by atoms with E-state index in [4.69, 9.17) is 9.72 Å². The van der Waals surface area contributed by atoms with Crippen LogP contribution in [0.2, 0.25) is 0 Å². The summed E-state index contributed by atoms with van der Waals surface area (Å²) in [4.78, 5) is 16.9. The lowest BCUT2D eigenvalue weighted by atomic mass is 9.85. The Balaban J connectivity index is 1.39. The summed E-state index contributed by atoms with van der Waals surface area (Å²) < 4.78 is 7.46. The number of aryl methyl sites for hydroxylation is 1. The molecule has 1 N–H and O–H groups in total. The van der Waals surface area contributed by atoms with E-state index < -0.39 is 0 Å². The van der Waals surface area contributed by atoms with Gasteiger partial charge in [0.25, 0.3) is 0 Å². The van der Waals surface area contributed by atoms with Gasteiger partial charge in [-0.15, -0.1) is 11.3 Å². The van der Waals surface area contributed by atoms with Crippen molar-refractivity contribution in [2.45, 2.75) is 38.7 Å². The molecule has 1 amide bonds. The van der Waals surface area contributed by atoms with Crippen LogP contribution in [0, 0.1) is 12.8 Å². The molecule has 27 heavy (non-hydrogen) atoms. The average molecular weight is 378 g/mol. The predicted molar refractivity (Wildman–Crippen MR) is 108 cm³/mol. The van der Waals surface area contributed by atoms with E-state index in [-0.39, 0.29) is 17.9 Å². The van der Waals surface area contributed by atoms with Gasteiger partial charge in [-0.1, -0.05) is 24.6 Å². The van der Waals surface area contributed by atoms with Crippen molar-refractivity contribution >= 4 is 27.5 Å². The number of benzene rings is 2. The van der Waals surface area contributed by atoms with Crippen LogP contribution in [-0.2, 0) is 11.2 Å². The topological polar surface area (TPSA) is 51.2 Å². The van der Waals surface area contributed by atoms with E-state index in [1.165, 1.54) is 22.2 Å². The van der Waals surface area contributed by atoms with Crippen molar-refractivity contribution in [3.05, 3.63) is 47.5 Å². The minimum atomic E-state index is -0.000968. The summed E-state index contributed by atoms with van der Waals surface area (Å²) >= 11 is 1.70. The van der Waals surface area contributed by atoms with Crippen LogP contribution in [0.15, 0.2) is 36.4 Å². The second-order valence-corrected chi connectivity index (χ2v) is 8.64. The molecule has 0 bridgehead atoms. The number of nitrogens with zero attached hydrogens (tertiary/aromatic N) is 1. The molecule has 1 fully saturated rings. The number of nitrogens with one attached hydrogen (secondary N) is 1. The molecule has 1 aliphatic heterocycles. The second-order valence-electron chi connectivity index (χ2n) is 7.60. The molecular weight excluding hydrogens is 356 g/mol. The molecule has 0 radical (unpaired) electrons. The third kappa shape index (κ3) is 3.10. The largest absolute Gasteiger partial charge is 0.487 e. The van der Waals surface area contributed by atoms with E-state index in [2.05, 4.69) is 30.4 Å². The maximum absolute atomic E-state index is 12.1. The van der Waals surface area contributed by atoms with Gasteiger partial charge >= 0.3 is 0 Å². The molecule has 1 saturated carbocycles. The van der Waals surface area contributed by atoms with E-state index in [0.717, 1.165) is 41.1 Å². The van der Waals surface area contributed by atoms with Crippen LogP contribution in [0.5, 0.6) is 5.75 Å². The zero-order valence-electron chi connectivity index (χ0n) is 15.3. The van der Waals surface area contributed by atoms with Gasteiger partial charge in [-0.05, 0) is 49.1 Å². The Morgan fingerprint density at radius 3 is 2.93 bits per heavy atom. The van der Waals surface area contributed by atoms with Crippen LogP contribution in [0.4, 0.5) is 0 Å². The molecule has 1 unspecified atom stereocenters. The van der Waals surface area contributed by atoms with Gasteiger partial charge in [0.05, 0.1) is 22.3 Å². The second kappa shape index (κ2) is 6.64. The lowest BCUT2D eigenvalue weighted by Gasteiger charge is -2.24. The van der Waals surface area contributed by atoms with E-state index >= 15 is 0 Å². The molecule has 2 aromatic carbocycles. The predicted octanol–water partition coefficient (Wildman–Crippen LogP) is 4.49. The summed E-state index contributed by atoms with van der Waals surface area (Å²) in [5.41, 5.74) is 4.52. The minimum absolute atomic E-state index is 0.000968. The van der Waals surface area contributed by atoms with Crippen LogP contribution in [-0.4, -0.2) is 23.5 Å². The molecule has 5 rings (SSSR count). The summed E-state index contributed by atoms with van der Waals surface area (Å²) in [7, 11) is 0. The first kappa shape index (κ1) is 16.8. The monoisotopic (exact) mass is 378 g/mol. The highest BCUT2D eigenvalue weighted by molar-refractivity contribution is 7.21. The quantitative estimate of drug-likeness (QED) is 0.728.